The molecule has 152 valence electrons. The lowest BCUT2D eigenvalue weighted by Crippen LogP contribution is -2.47. The lowest BCUT2D eigenvalue weighted by atomic mass is 9.85. The number of hydrogen-bond donors (Lipinski definition) is 2. The van der Waals surface area contributed by atoms with Crippen molar-refractivity contribution in [2.45, 2.75) is 70.1 Å². The Morgan fingerprint density at radius 1 is 1.26 bits per heavy atom. The Morgan fingerprint density at radius 3 is 2.59 bits per heavy atom. The smallest absolute Gasteiger partial charge is 0.191 e. The molecule has 1 aliphatic rings. The van der Waals surface area contributed by atoms with Crippen LogP contribution in [0.25, 0.3) is 0 Å². The second-order valence-electron chi connectivity index (χ2n) is 7.89. The fourth-order valence-corrected chi connectivity index (χ4v) is 4.88. The minimum atomic E-state index is -0.728. The summed E-state index contributed by atoms with van der Waals surface area (Å²) >= 11 is 0. The van der Waals surface area contributed by atoms with Crippen molar-refractivity contribution >= 4 is 16.8 Å². The van der Waals surface area contributed by atoms with Gasteiger partial charge in [0.05, 0.1) is 6.54 Å². The molecule has 0 amide bonds. The van der Waals surface area contributed by atoms with Crippen molar-refractivity contribution in [2.75, 3.05) is 18.8 Å². The summed E-state index contributed by atoms with van der Waals surface area (Å²) < 4.78 is 25.4. The zero-order chi connectivity index (χ0) is 19.9. The zero-order valence-electron chi connectivity index (χ0n) is 17.1. The van der Waals surface area contributed by atoms with E-state index in [1.807, 2.05) is 19.1 Å². The molecule has 1 aliphatic carbocycles. The van der Waals surface area contributed by atoms with Gasteiger partial charge in [-0.1, -0.05) is 39.3 Å². The van der Waals surface area contributed by atoms with Crippen molar-refractivity contribution in [1.82, 2.24) is 10.6 Å². The van der Waals surface area contributed by atoms with Gasteiger partial charge in [0.25, 0.3) is 0 Å². The van der Waals surface area contributed by atoms with Crippen LogP contribution in [0, 0.1) is 5.82 Å². The van der Waals surface area contributed by atoms with Crippen LogP contribution in [-0.4, -0.2) is 40.3 Å². The molecule has 2 N–H and O–H groups in total. The van der Waals surface area contributed by atoms with Gasteiger partial charge in [0, 0.05) is 39.8 Å². The van der Waals surface area contributed by atoms with Crippen molar-refractivity contribution in [3.8, 4) is 0 Å². The van der Waals surface area contributed by atoms with Crippen LogP contribution in [0.4, 0.5) is 4.39 Å². The molecule has 0 saturated heterocycles. The molecule has 0 heterocycles. The molecule has 0 aliphatic heterocycles. The molecule has 1 aromatic rings. The first-order chi connectivity index (χ1) is 12.9. The van der Waals surface area contributed by atoms with Crippen LogP contribution < -0.4 is 10.6 Å². The first kappa shape index (κ1) is 21.9. The van der Waals surface area contributed by atoms with Crippen LogP contribution >= 0.6 is 0 Å². The van der Waals surface area contributed by atoms with E-state index in [0.29, 0.717) is 17.8 Å². The number of guanidine groups is 1. The van der Waals surface area contributed by atoms with Gasteiger partial charge in [-0.25, -0.2) is 4.39 Å². The predicted octanol–water partition coefficient (Wildman–Crippen LogP) is 3.74. The summed E-state index contributed by atoms with van der Waals surface area (Å²) in [6.45, 7) is 9.68. The molecular formula is C21H34FN3OS. The molecule has 0 radical (unpaired) electrons. The average Bonchev–Trinajstić information content (AvgIpc) is 2.66. The molecule has 1 saturated carbocycles. The summed E-state index contributed by atoms with van der Waals surface area (Å²) in [5.41, 5.74) is 0.883. The summed E-state index contributed by atoms with van der Waals surface area (Å²) in [6.07, 6.45) is 4.19. The highest BCUT2D eigenvalue weighted by Crippen LogP contribution is 2.25. The molecule has 4 nitrogen and oxygen atoms in total. The van der Waals surface area contributed by atoms with Gasteiger partial charge in [-0.05, 0) is 43.9 Å². The fourth-order valence-electron chi connectivity index (χ4n) is 3.53. The van der Waals surface area contributed by atoms with E-state index in [1.54, 1.807) is 0 Å². The summed E-state index contributed by atoms with van der Waals surface area (Å²) in [6, 6.07) is 6.97. The van der Waals surface area contributed by atoms with E-state index >= 15 is 0 Å². The number of aliphatic imine (C=N–C) groups is 1. The van der Waals surface area contributed by atoms with Crippen LogP contribution in [0.2, 0.25) is 0 Å². The van der Waals surface area contributed by atoms with Gasteiger partial charge in [-0.2, -0.15) is 0 Å². The number of hydrogen-bond acceptors (Lipinski definition) is 2. The number of nitrogens with one attached hydrogen (secondary N) is 2. The highest BCUT2D eigenvalue weighted by Gasteiger charge is 2.26. The molecular weight excluding hydrogens is 361 g/mol. The minimum Gasteiger partial charge on any atom is -0.357 e. The highest BCUT2D eigenvalue weighted by atomic mass is 32.2. The number of rotatable bonds is 7. The molecule has 6 heteroatoms. The van der Waals surface area contributed by atoms with Crippen LogP contribution in [0.15, 0.2) is 29.3 Å². The van der Waals surface area contributed by atoms with Crippen molar-refractivity contribution in [3.05, 3.63) is 35.6 Å². The van der Waals surface area contributed by atoms with E-state index in [1.165, 1.54) is 12.1 Å². The van der Waals surface area contributed by atoms with E-state index in [4.69, 9.17) is 4.99 Å². The van der Waals surface area contributed by atoms with Crippen LogP contribution in [0.5, 0.6) is 0 Å². The van der Waals surface area contributed by atoms with Crippen LogP contribution in [0.1, 0.15) is 58.9 Å². The number of benzene rings is 1. The van der Waals surface area contributed by atoms with Gasteiger partial charge in [-0.15, -0.1) is 0 Å². The van der Waals surface area contributed by atoms with Gasteiger partial charge in [0.15, 0.2) is 5.96 Å². The van der Waals surface area contributed by atoms with Crippen LogP contribution in [-0.2, 0) is 16.2 Å². The zero-order valence-corrected chi connectivity index (χ0v) is 17.9. The van der Waals surface area contributed by atoms with Crippen LogP contribution in [0.3, 0.4) is 0 Å². The summed E-state index contributed by atoms with van der Waals surface area (Å²) in [5.74, 6) is 1.32. The maximum Gasteiger partial charge on any atom is 0.191 e. The molecule has 0 spiro atoms. The number of nitrogens with zero attached hydrogens (tertiary/aromatic N) is 1. The maximum absolute atomic E-state index is 13.2. The van der Waals surface area contributed by atoms with E-state index in [-0.39, 0.29) is 11.2 Å². The quantitative estimate of drug-likeness (QED) is 0.546. The molecule has 3 unspecified atom stereocenters. The van der Waals surface area contributed by atoms with Crippen molar-refractivity contribution < 1.29 is 8.60 Å². The summed E-state index contributed by atoms with van der Waals surface area (Å²) in [5, 5.41) is 7.16. The lowest BCUT2D eigenvalue weighted by Gasteiger charge is -2.30. The molecule has 1 aromatic carbocycles. The van der Waals surface area contributed by atoms with Gasteiger partial charge >= 0.3 is 0 Å². The second kappa shape index (κ2) is 10.2. The molecule has 0 bridgehead atoms. The van der Waals surface area contributed by atoms with Gasteiger partial charge in [0.1, 0.15) is 5.82 Å². The lowest BCUT2D eigenvalue weighted by molar-refractivity contribution is 0.412. The third-order valence-corrected chi connectivity index (χ3v) is 6.97. The Morgan fingerprint density at radius 2 is 1.96 bits per heavy atom. The monoisotopic (exact) mass is 395 g/mol. The third-order valence-electron chi connectivity index (χ3n) is 5.23. The standard InChI is InChI=1S/C21H34FN3OS/c1-5-23-20(25-18-8-7-9-19(14-18)27(26)6-2)24-15-21(3,4)16-10-12-17(22)13-11-16/h10-13,18-19H,5-9,14-15H2,1-4H3,(H2,23,24,25). The topological polar surface area (TPSA) is 53.5 Å². The van der Waals surface area contributed by atoms with Crippen molar-refractivity contribution in [1.29, 1.82) is 0 Å². The summed E-state index contributed by atoms with van der Waals surface area (Å²) in [4.78, 5) is 4.79. The number of halogens is 1. The molecule has 2 rings (SSSR count). The first-order valence-corrected chi connectivity index (χ1v) is 11.4. The third kappa shape index (κ3) is 6.59. The van der Waals surface area contributed by atoms with Crippen molar-refractivity contribution in [2.24, 2.45) is 4.99 Å². The second-order valence-corrected chi connectivity index (χ2v) is 9.89. The Balaban J connectivity index is 2.02. The minimum absolute atomic E-state index is 0.186. The van der Waals surface area contributed by atoms with Gasteiger partial charge in [0.2, 0.25) is 0 Å². The van der Waals surface area contributed by atoms with E-state index in [2.05, 4.69) is 31.4 Å². The van der Waals surface area contributed by atoms with Gasteiger partial charge in [-0.3, -0.25) is 9.20 Å². The highest BCUT2D eigenvalue weighted by molar-refractivity contribution is 7.85. The molecule has 27 heavy (non-hydrogen) atoms. The van der Waals surface area contributed by atoms with Gasteiger partial charge < -0.3 is 10.6 Å². The molecule has 3 atom stereocenters. The first-order valence-electron chi connectivity index (χ1n) is 10.0. The van der Waals surface area contributed by atoms with Crippen molar-refractivity contribution in [3.63, 3.8) is 0 Å². The SMILES string of the molecule is CCNC(=NCC(C)(C)c1ccc(F)cc1)NC1CCCC(S(=O)CC)C1. The van der Waals surface area contributed by atoms with E-state index < -0.39 is 10.8 Å². The average molecular weight is 396 g/mol. The largest absolute Gasteiger partial charge is 0.357 e. The normalized spacial score (nSPS) is 22.3. The fraction of sp³-hybridized carbons (Fsp3) is 0.667. The van der Waals surface area contributed by atoms with E-state index in [9.17, 15) is 8.60 Å². The Labute approximate surface area is 165 Å². The Bertz CT molecular complexity index is 645. The van der Waals surface area contributed by atoms with E-state index in [0.717, 1.165) is 49.5 Å². The Hall–Kier alpha value is -1.43. The Kier molecular flexibility index (Phi) is 8.27. The maximum atomic E-state index is 13.2. The summed E-state index contributed by atoms with van der Waals surface area (Å²) in [7, 11) is -0.728. The predicted molar refractivity (Wildman–Crippen MR) is 113 cm³/mol. The molecule has 1 fully saturated rings. The molecule has 0 aromatic heterocycles.